The molecular formula is C22H31N5O2S. The highest BCUT2D eigenvalue weighted by molar-refractivity contribution is 7.19. The van der Waals surface area contributed by atoms with Gasteiger partial charge in [0, 0.05) is 50.1 Å². The highest BCUT2D eigenvalue weighted by Gasteiger charge is 2.29. The van der Waals surface area contributed by atoms with E-state index in [0.29, 0.717) is 0 Å². The third-order valence-electron chi connectivity index (χ3n) is 6.45. The maximum Gasteiger partial charge on any atom is 0.225 e. The summed E-state index contributed by atoms with van der Waals surface area (Å²) in [6.45, 7) is 11.4. The average molecular weight is 430 g/mol. The zero-order chi connectivity index (χ0) is 20.7. The number of anilines is 1. The van der Waals surface area contributed by atoms with Crippen LogP contribution in [0.15, 0.2) is 0 Å². The number of rotatable bonds is 4. The predicted molar refractivity (Wildman–Crippen MR) is 119 cm³/mol. The summed E-state index contributed by atoms with van der Waals surface area (Å²) in [5.41, 5.74) is 1.48. The minimum Gasteiger partial charge on any atom is -0.379 e. The number of thiophene rings is 1. The molecule has 0 unspecified atom stereocenters. The number of fused-ring (bicyclic) bond motifs is 3. The van der Waals surface area contributed by atoms with Crippen LogP contribution in [0.4, 0.5) is 5.82 Å². The van der Waals surface area contributed by atoms with Crippen molar-refractivity contribution >= 4 is 33.3 Å². The monoisotopic (exact) mass is 429 g/mol. The van der Waals surface area contributed by atoms with Crippen LogP contribution in [0.2, 0.25) is 0 Å². The number of piperazine rings is 1. The van der Waals surface area contributed by atoms with Gasteiger partial charge in [-0.25, -0.2) is 9.97 Å². The molecule has 0 spiro atoms. The standard InChI is InChI=1S/C22H31N5O2S/c1-15(2)22(28)27-8-6-26(7-9-27)20-19-16-4-3-5-17(16)30-21(19)24-18(23-20)14-25-10-12-29-13-11-25/h15H,3-14H2,1-2H3. The number of carbonyl (C=O) groups excluding carboxylic acids is 1. The van der Waals surface area contributed by atoms with Crippen LogP contribution in [-0.2, 0) is 28.9 Å². The highest BCUT2D eigenvalue weighted by atomic mass is 32.1. The first-order valence-electron chi connectivity index (χ1n) is 11.2. The molecule has 1 amide bonds. The molecule has 0 N–H and O–H groups in total. The molecule has 2 aromatic heterocycles. The first-order valence-corrected chi connectivity index (χ1v) is 12.1. The van der Waals surface area contributed by atoms with Gasteiger partial charge in [0.15, 0.2) is 0 Å². The normalized spacial score (nSPS) is 20.4. The number of amides is 1. The molecule has 0 atom stereocenters. The van der Waals surface area contributed by atoms with Crippen molar-refractivity contribution in [3.8, 4) is 0 Å². The molecule has 0 aromatic carbocycles. The number of hydrogen-bond donors (Lipinski definition) is 0. The van der Waals surface area contributed by atoms with Crippen LogP contribution < -0.4 is 4.90 Å². The van der Waals surface area contributed by atoms with E-state index in [1.807, 2.05) is 30.1 Å². The number of nitrogens with zero attached hydrogens (tertiary/aromatic N) is 5. The Bertz CT molecular complexity index is 929. The molecular weight excluding hydrogens is 398 g/mol. The number of morpholine rings is 1. The Balaban J connectivity index is 1.44. The van der Waals surface area contributed by atoms with Crippen LogP contribution in [0.25, 0.3) is 10.2 Å². The van der Waals surface area contributed by atoms with Crippen molar-refractivity contribution in [1.82, 2.24) is 19.8 Å². The predicted octanol–water partition coefficient (Wildman–Crippen LogP) is 2.32. The fraction of sp³-hybridized carbons (Fsp3) is 0.682. The summed E-state index contributed by atoms with van der Waals surface area (Å²) in [7, 11) is 0. The molecule has 0 saturated carbocycles. The van der Waals surface area contributed by atoms with Gasteiger partial charge in [-0.15, -0.1) is 11.3 Å². The van der Waals surface area contributed by atoms with E-state index in [2.05, 4.69) is 9.80 Å². The third kappa shape index (κ3) is 3.81. The van der Waals surface area contributed by atoms with Crippen molar-refractivity contribution in [2.75, 3.05) is 57.4 Å². The summed E-state index contributed by atoms with van der Waals surface area (Å²) in [4.78, 5) is 31.9. The van der Waals surface area contributed by atoms with E-state index in [1.165, 1.54) is 28.7 Å². The van der Waals surface area contributed by atoms with Gasteiger partial charge in [0.1, 0.15) is 16.5 Å². The number of ether oxygens (including phenoxy) is 1. The zero-order valence-corrected chi connectivity index (χ0v) is 18.8. The average Bonchev–Trinajstić information content (AvgIpc) is 3.34. The van der Waals surface area contributed by atoms with Crippen LogP contribution in [0.3, 0.4) is 0 Å². The Kier molecular flexibility index (Phi) is 5.64. The maximum absolute atomic E-state index is 12.4. The Hall–Kier alpha value is -1.77. The first kappa shape index (κ1) is 20.2. The van der Waals surface area contributed by atoms with Crippen molar-refractivity contribution in [2.24, 2.45) is 5.92 Å². The van der Waals surface area contributed by atoms with Crippen molar-refractivity contribution in [3.63, 3.8) is 0 Å². The molecule has 30 heavy (non-hydrogen) atoms. The molecule has 7 nitrogen and oxygen atoms in total. The maximum atomic E-state index is 12.4. The van der Waals surface area contributed by atoms with Crippen LogP contribution in [0, 0.1) is 5.92 Å². The molecule has 3 aliphatic rings. The lowest BCUT2D eigenvalue weighted by molar-refractivity contribution is -0.134. The van der Waals surface area contributed by atoms with Gasteiger partial charge in [0.2, 0.25) is 5.91 Å². The zero-order valence-electron chi connectivity index (χ0n) is 18.0. The quantitative estimate of drug-likeness (QED) is 0.743. The lowest BCUT2D eigenvalue weighted by atomic mass is 10.1. The topological polar surface area (TPSA) is 61.8 Å². The molecule has 0 radical (unpaired) electrons. The van der Waals surface area contributed by atoms with Crippen LogP contribution in [0.1, 0.15) is 36.5 Å². The summed E-state index contributed by atoms with van der Waals surface area (Å²) >= 11 is 1.86. The second kappa shape index (κ2) is 8.40. The first-order chi connectivity index (χ1) is 14.6. The van der Waals surface area contributed by atoms with Gasteiger partial charge in [-0.05, 0) is 24.8 Å². The van der Waals surface area contributed by atoms with Gasteiger partial charge in [-0.3, -0.25) is 9.69 Å². The van der Waals surface area contributed by atoms with E-state index in [1.54, 1.807) is 0 Å². The highest BCUT2D eigenvalue weighted by Crippen LogP contribution is 2.41. The second-order valence-electron chi connectivity index (χ2n) is 8.86. The SMILES string of the molecule is CC(C)C(=O)N1CCN(c2nc(CN3CCOCC3)nc3sc4c(c23)CCC4)CC1. The molecule has 4 heterocycles. The Morgan fingerprint density at radius 1 is 1.07 bits per heavy atom. The molecule has 2 aromatic rings. The molecule has 8 heteroatoms. The second-order valence-corrected chi connectivity index (χ2v) is 9.94. The van der Waals surface area contributed by atoms with Gasteiger partial charge < -0.3 is 14.5 Å². The van der Waals surface area contributed by atoms with Crippen LogP contribution >= 0.6 is 11.3 Å². The molecule has 2 saturated heterocycles. The summed E-state index contributed by atoms with van der Waals surface area (Å²) in [5.74, 6) is 2.33. The summed E-state index contributed by atoms with van der Waals surface area (Å²) < 4.78 is 5.49. The molecule has 0 bridgehead atoms. The van der Waals surface area contributed by atoms with Crippen molar-refractivity contribution in [1.29, 1.82) is 0 Å². The lowest BCUT2D eigenvalue weighted by Crippen LogP contribution is -2.50. The fourth-order valence-corrected chi connectivity index (χ4v) is 6.06. The van der Waals surface area contributed by atoms with Crippen LogP contribution in [-0.4, -0.2) is 78.2 Å². The van der Waals surface area contributed by atoms with Crippen LogP contribution in [0.5, 0.6) is 0 Å². The van der Waals surface area contributed by atoms with Gasteiger partial charge in [0.25, 0.3) is 0 Å². The molecule has 5 rings (SSSR count). The summed E-state index contributed by atoms with van der Waals surface area (Å²) in [6.07, 6.45) is 3.55. The number of aryl methyl sites for hydroxylation is 2. The largest absolute Gasteiger partial charge is 0.379 e. The Labute approximate surface area is 182 Å². The minimum absolute atomic E-state index is 0.0579. The van der Waals surface area contributed by atoms with E-state index >= 15 is 0 Å². The molecule has 162 valence electrons. The van der Waals surface area contributed by atoms with E-state index in [-0.39, 0.29) is 11.8 Å². The van der Waals surface area contributed by atoms with E-state index in [9.17, 15) is 4.79 Å². The Morgan fingerprint density at radius 2 is 1.83 bits per heavy atom. The third-order valence-corrected chi connectivity index (χ3v) is 7.63. The summed E-state index contributed by atoms with van der Waals surface area (Å²) in [5, 5.41) is 1.28. The summed E-state index contributed by atoms with van der Waals surface area (Å²) in [6, 6.07) is 0. The number of hydrogen-bond acceptors (Lipinski definition) is 7. The number of carbonyl (C=O) groups is 1. The van der Waals surface area contributed by atoms with Gasteiger partial charge in [-0.1, -0.05) is 13.8 Å². The van der Waals surface area contributed by atoms with E-state index in [4.69, 9.17) is 14.7 Å². The van der Waals surface area contributed by atoms with Crippen molar-refractivity contribution in [2.45, 2.75) is 39.7 Å². The van der Waals surface area contributed by atoms with Gasteiger partial charge in [0.05, 0.1) is 25.1 Å². The fourth-order valence-electron chi connectivity index (χ4n) is 4.78. The van der Waals surface area contributed by atoms with E-state index in [0.717, 1.165) is 81.9 Å². The number of aromatic nitrogens is 2. The molecule has 2 aliphatic heterocycles. The van der Waals surface area contributed by atoms with E-state index < -0.39 is 0 Å². The van der Waals surface area contributed by atoms with Crippen molar-refractivity contribution in [3.05, 3.63) is 16.3 Å². The smallest absolute Gasteiger partial charge is 0.225 e. The van der Waals surface area contributed by atoms with Crippen molar-refractivity contribution < 1.29 is 9.53 Å². The minimum atomic E-state index is 0.0579. The molecule has 2 fully saturated rings. The van der Waals surface area contributed by atoms with Gasteiger partial charge in [-0.2, -0.15) is 0 Å². The lowest BCUT2D eigenvalue weighted by Gasteiger charge is -2.36. The van der Waals surface area contributed by atoms with Gasteiger partial charge >= 0.3 is 0 Å². The molecule has 1 aliphatic carbocycles. The Morgan fingerprint density at radius 3 is 2.57 bits per heavy atom.